The Labute approximate surface area is 177 Å². The van der Waals surface area contributed by atoms with Crippen molar-refractivity contribution in [2.45, 2.75) is 12.6 Å². The van der Waals surface area contributed by atoms with E-state index < -0.39 is 11.9 Å². The number of hydrogen-bond acceptors (Lipinski definition) is 5. The van der Waals surface area contributed by atoms with Crippen LogP contribution in [0.4, 0.5) is 24.9 Å². The first-order valence-corrected chi connectivity index (χ1v) is 9.93. The van der Waals surface area contributed by atoms with Crippen molar-refractivity contribution in [3.05, 3.63) is 47.8 Å². The third-order valence-corrected chi connectivity index (χ3v) is 5.38. The number of H-pyrrole nitrogens is 1. The fourth-order valence-electron chi connectivity index (χ4n) is 3.65. The van der Waals surface area contributed by atoms with Crippen molar-refractivity contribution < 1.29 is 18.0 Å². The predicted octanol–water partition coefficient (Wildman–Crippen LogP) is 2.93. The molecule has 10 heteroatoms. The molecular formula is C21H23F3N6O. The van der Waals surface area contributed by atoms with Crippen LogP contribution < -0.4 is 9.80 Å². The minimum Gasteiger partial charge on any atom is -0.363 e. The van der Waals surface area contributed by atoms with Crippen LogP contribution in [0, 0.1) is 0 Å². The Morgan fingerprint density at radius 3 is 2.52 bits per heavy atom. The molecule has 0 radical (unpaired) electrons. The lowest BCUT2D eigenvalue weighted by molar-refractivity contribution is -0.141. The number of alkyl halides is 3. The van der Waals surface area contributed by atoms with Gasteiger partial charge in [-0.2, -0.15) is 18.2 Å². The number of anilines is 2. The number of rotatable bonds is 4. The highest BCUT2D eigenvalue weighted by Crippen LogP contribution is 2.31. The Kier molecular flexibility index (Phi) is 5.47. The summed E-state index contributed by atoms with van der Waals surface area (Å²) in [5.74, 6) is 0.209. The van der Waals surface area contributed by atoms with Gasteiger partial charge in [-0.1, -0.05) is 18.2 Å². The molecule has 0 atom stereocenters. The third-order valence-electron chi connectivity index (χ3n) is 5.38. The lowest BCUT2D eigenvalue weighted by atomic mass is 10.1. The van der Waals surface area contributed by atoms with E-state index in [1.165, 1.54) is 4.90 Å². The van der Waals surface area contributed by atoms with Crippen molar-refractivity contribution in [1.82, 2.24) is 19.9 Å². The van der Waals surface area contributed by atoms with Gasteiger partial charge < -0.3 is 19.7 Å². The van der Waals surface area contributed by atoms with Crippen molar-refractivity contribution >= 4 is 28.6 Å². The molecule has 0 spiro atoms. The van der Waals surface area contributed by atoms with Crippen molar-refractivity contribution in [3.8, 4) is 0 Å². The first kappa shape index (κ1) is 21.0. The van der Waals surface area contributed by atoms with Gasteiger partial charge in [0.2, 0.25) is 11.9 Å². The molecular weight excluding hydrogens is 409 g/mol. The Morgan fingerprint density at radius 2 is 1.84 bits per heavy atom. The number of halogens is 3. The number of fused-ring (bicyclic) bond motifs is 1. The molecule has 3 aromatic rings. The number of nitrogens with one attached hydrogen (secondary N) is 1. The van der Waals surface area contributed by atoms with Crippen LogP contribution in [0.15, 0.2) is 36.5 Å². The van der Waals surface area contributed by atoms with E-state index in [0.29, 0.717) is 26.2 Å². The van der Waals surface area contributed by atoms with Gasteiger partial charge in [0.15, 0.2) is 5.69 Å². The number of aromatic amines is 1. The number of amides is 1. The normalized spacial score (nSPS) is 14.9. The summed E-state index contributed by atoms with van der Waals surface area (Å²) in [6.45, 7) is 1.54. The zero-order valence-electron chi connectivity index (χ0n) is 17.3. The van der Waals surface area contributed by atoms with Crippen LogP contribution in [0.25, 0.3) is 10.9 Å². The van der Waals surface area contributed by atoms with E-state index in [1.807, 2.05) is 30.5 Å². The van der Waals surface area contributed by atoms with Gasteiger partial charge in [0.1, 0.15) is 5.82 Å². The summed E-state index contributed by atoms with van der Waals surface area (Å²) in [6.07, 6.45) is -2.44. The van der Waals surface area contributed by atoms with Gasteiger partial charge in [0.25, 0.3) is 0 Å². The second kappa shape index (κ2) is 8.09. The summed E-state index contributed by atoms with van der Waals surface area (Å²) in [7, 11) is 3.27. The van der Waals surface area contributed by atoms with Gasteiger partial charge in [-0.05, 0) is 11.6 Å². The largest absolute Gasteiger partial charge is 0.433 e. The summed E-state index contributed by atoms with van der Waals surface area (Å²) in [6, 6.07) is 8.73. The quantitative estimate of drug-likeness (QED) is 0.687. The molecule has 2 aromatic heterocycles. The highest BCUT2D eigenvalue weighted by atomic mass is 19.4. The predicted molar refractivity (Wildman–Crippen MR) is 112 cm³/mol. The lowest BCUT2D eigenvalue weighted by Gasteiger charge is -2.35. The molecule has 1 N–H and O–H groups in total. The lowest BCUT2D eigenvalue weighted by Crippen LogP contribution is -2.49. The molecule has 4 rings (SSSR count). The molecule has 0 saturated carbocycles. The van der Waals surface area contributed by atoms with Crippen molar-refractivity contribution in [3.63, 3.8) is 0 Å². The Hall–Kier alpha value is -3.30. The monoisotopic (exact) mass is 432 g/mol. The SMILES string of the molecule is CN(C)c1cc(C(F)(F)F)nc(N2CCN(C(=O)Cc3c[nH]c4ccccc34)CC2)n1. The molecule has 1 amide bonds. The van der Waals surface area contributed by atoms with Crippen LogP contribution in [0.5, 0.6) is 0 Å². The highest BCUT2D eigenvalue weighted by Gasteiger charge is 2.35. The van der Waals surface area contributed by atoms with E-state index in [-0.39, 0.29) is 24.1 Å². The maximum atomic E-state index is 13.3. The number of aromatic nitrogens is 3. The molecule has 7 nitrogen and oxygen atoms in total. The molecule has 1 saturated heterocycles. The molecule has 1 aliphatic rings. The van der Waals surface area contributed by atoms with E-state index in [2.05, 4.69) is 15.0 Å². The maximum absolute atomic E-state index is 13.3. The fourth-order valence-corrected chi connectivity index (χ4v) is 3.65. The van der Waals surface area contributed by atoms with Gasteiger partial charge in [-0.3, -0.25) is 4.79 Å². The van der Waals surface area contributed by atoms with E-state index >= 15 is 0 Å². The van der Waals surface area contributed by atoms with Crippen LogP contribution in [0.2, 0.25) is 0 Å². The van der Waals surface area contributed by atoms with Crippen LogP contribution in [-0.4, -0.2) is 66.0 Å². The first-order chi connectivity index (χ1) is 14.7. The molecule has 31 heavy (non-hydrogen) atoms. The summed E-state index contributed by atoms with van der Waals surface area (Å²) >= 11 is 0. The van der Waals surface area contributed by atoms with Gasteiger partial charge in [0.05, 0.1) is 6.42 Å². The van der Waals surface area contributed by atoms with E-state index in [9.17, 15) is 18.0 Å². The number of carbonyl (C=O) groups excluding carboxylic acids is 1. The highest BCUT2D eigenvalue weighted by molar-refractivity contribution is 5.89. The number of para-hydroxylation sites is 1. The number of hydrogen-bond donors (Lipinski definition) is 1. The van der Waals surface area contributed by atoms with Gasteiger partial charge >= 0.3 is 6.18 Å². The van der Waals surface area contributed by atoms with Gasteiger partial charge in [-0.25, -0.2) is 4.98 Å². The summed E-state index contributed by atoms with van der Waals surface area (Å²) in [5.41, 5.74) is 0.937. The average molecular weight is 432 g/mol. The summed E-state index contributed by atoms with van der Waals surface area (Å²) in [5, 5.41) is 1.02. The third kappa shape index (κ3) is 4.42. The zero-order chi connectivity index (χ0) is 22.2. The van der Waals surface area contributed by atoms with Crippen molar-refractivity contribution in [1.29, 1.82) is 0 Å². The van der Waals surface area contributed by atoms with Crippen LogP contribution in [0.1, 0.15) is 11.3 Å². The summed E-state index contributed by atoms with van der Waals surface area (Å²) < 4.78 is 39.8. The molecule has 1 fully saturated rings. The average Bonchev–Trinajstić information content (AvgIpc) is 3.15. The van der Waals surface area contributed by atoms with Gasteiger partial charge in [-0.15, -0.1) is 0 Å². The Morgan fingerprint density at radius 1 is 1.13 bits per heavy atom. The molecule has 164 valence electrons. The second-order valence-corrected chi connectivity index (χ2v) is 7.71. The molecule has 0 bridgehead atoms. The molecule has 0 unspecified atom stereocenters. The smallest absolute Gasteiger partial charge is 0.363 e. The second-order valence-electron chi connectivity index (χ2n) is 7.71. The van der Waals surface area contributed by atoms with Crippen molar-refractivity contribution in [2.24, 2.45) is 0 Å². The van der Waals surface area contributed by atoms with E-state index in [0.717, 1.165) is 22.5 Å². The Balaban J connectivity index is 1.45. The zero-order valence-corrected chi connectivity index (χ0v) is 17.3. The standard InChI is InChI=1S/C21H23F3N6O/c1-28(2)18-12-17(21(22,23)24)26-20(27-18)30-9-7-29(8-10-30)19(31)11-14-13-25-16-6-4-3-5-15(14)16/h3-6,12-13,25H,7-11H2,1-2H3. The number of piperazine rings is 1. The van der Waals surface area contributed by atoms with Crippen LogP contribution in [-0.2, 0) is 17.4 Å². The van der Waals surface area contributed by atoms with Gasteiger partial charge in [0, 0.05) is 63.4 Å². The van der Waals surface area contributed by atoms with Crippen molar-refractivity contribution in [2.75, 3.05) is 50.1 Å². The van der Waals surface area contributed by atoms with E-state index in [1.54, 1.807) is 23.9 Å². The number of carbonyl (C=O) groups is 1. The minimum absolute atomic E-state index is 0.0108. The fraction of sp³-hybridized carbons (Fsp3) is 0.381. The Bertz CT molecular complexity index is 1090. The maximum Gasteiger partial charge on any atom is 0.433 e. The topological polar surface area (TPSA) is 68.4 Å². The number of nitrogens with zero attached hydrogens (tertiary/aromatic N) is 5. The first-order valence-electron chi connectivity index (χ1n) is 9.93. The molecule has 3 heterocycles. The molecule has 1 aromatic carbocycles. The number of benzene rings is 1. The van der Waals surface area contributed by atoms with Crippen LogP contribution in [0.3, 0.4) is 0 Å². The minimum atomic E-state index is -4.56. The van der Waals surface area contributed by atoms with E-state index in [4.69, 9.17) is 0 Å². The molecule has 1 aliphatic heterocycles. The summed E-state index contributed by atoms with van der Waals surface area (Å²) in [4.78, 5) is 28.9. The molecule has 0 aliphatic carbocycles. The van der Waals surface area contributed by atoms with Crippen LogP contribution >= 0.6 is 0 Å².